The van der Waals surface area contributed by atoms with Gasteiger partial charge in [0.05, 0.1) is 11.4 Å². The number of amides is 1. The smallest absolute Gasteiger partial charge is 0.242 e. The van der Waals surface area contributed by atoms with Crippen LogP contribution < -0.4 is 10.6 Å². The van der Waals surface area contributed by atoms with Crippen molar-refractivity contribution in [3.63, 3.8) is 0 Å². The average Bonchev–Trinajstić information content (AvgIpc) is 2.26. The van der Waals surface area contributed by atoms with Gasteiger partial charge in [-0.2, -0.15) is 0 Å². The van der Waals surface area contributed by atoms with Gasteiger partial charge in [-0.15, -0.1) is 0 Å². The first-order valence-corrected chi connectivity index (χ1v) is 5.88. The van der Waals surface area contributed by atoms with E-state index in [0.717, 1.165) is 11.4 Å². The number of hydrogen-bond donors (Lipinski definition) is 2. The summed E-state index contributed by atoms with van der Waals surface area (Å²) in [5.74, 6) is 0.345. The largest absolute Gasteiger partial charge is 0.356 e. The van der Waals surface area contributed by atoms with Gasteiger partial charge in [-0.1, -0.05) is 11.6 Å². The van der Waals surface area contributed by atoms with Crippen LogP contribution in [0.5, 0.6) is 0 Å². The molecule has 1 heterocycles. The molecule has 6 heteroatoms. The van der Waals surface area contributed by atoms with Gasteiger partial charge in [-0.3, -0.25) is 4.79 Å². The van der Waals surface area contributed by atoms with Crippen molar-refractivity contribution in [1.29, 1.82) is 0 Å². The third-order valence-corrected chi connectivity index (χ3v) is 2.63. The highest BCUT2D eigenvalue weighted by Gasteiger charge is 2.15. The van der Waals surface area contributed by atoms with Gasteiger partial charge in [-0.25, -0.2) is 9.97 Å². The zero-order chi connectivity index (χ0) is 13.0. The highest BCUT2D eigenvalue weighted by Crippen LogP contribution is 2.19. The van der Waals surface area contributed by atoms with Crippen molar-refractivity contribution < 1.29 is 4.79 Å². The molecule has 17 heavy (non-hydrogen) atoms. The molecule has 94 valence electrons. The van der Waals surface area contributed by atoms with E-state index < -0.39 is 6.04 Å². The Kier molecular flexibility index (Phi) is 4.69. The second-order valence-electron chi connectivity index (χ2n) is 3.79. The Hall–Kier alpha value is -1.36. The number of anilines is 1. The maximum absolute atomic E-state index is 11.5. The van der Waals surface area contributed by atoms with Crippen molar-refractivity contribution in [3.05, 3.63) is 16.5 Å². The van der Waals surface area contributed by atoms with E-state index in [-0.39, 0.29) is 11.1 Å². The molecule has 0 saturated heterocycles. The number of nitrogens with one attached hydrogen (secondary N) is 2. The van der Waals surface area contributed by atoms with Crippen molar-refractivity contribution >= 4 is 23.3 Å². The zero-order valence-corrected chi connectivity index (χ0v) is 11.2. The van der Waals surface area contributed by atoms with Gasteiger partial charge < -0.3 is 10.6 Å². The Labute approximate surface area is 106 Å². The molecule has 0 aliphatic heterocycles. The Morgan fingerprint density at radius 1 is 1.35 bits per heavy atom. The predicted octanol–water partition coefficient (Wildman–Crippen LogP) is 1.68. The van der Waals surface area contributed by atoms with E-state index in [2.05, 4.69) is 20.6 Å². The van der Waals surface area contributed by atoms with Crippen LogP contribution in [0.2, 0.25) is 5.15 Å². The minimum absolute atomic E-state index is 0.0939. The predicted molar refractivity (Wildman–Crippen MR) is 68.3 cm³/mol. The van der Waals surface area contributed by atoms with Crippen LogP contribution in [0.4, 0.5) is 5.82 Å². The minimum Gasteiger partial charge on any atom is -0.356 e. The lowest BCUT2D eigenvalue weighted by molar-refractivity contribution is -0.121. The summed E-state index contributed by atoms with van der Waals surface area (Å²) in [6.45, 7) is 7.90. The molecule has 0 spiro atoms. The molecule has 1 aromatic rings. The van der Waals surface area contributed by atoms with Crippen LogP contribution in [0.25, 0.3) is 0 Å². The molecule has 5 nitrogen and oxygen atoms in total. The quantitative estimate of drug-likeness (QED) is 0.860. The molecule has 1 amide bonds. The van der Waals surface area contributed by atoms with E-state index in [1.54, 1.807) is 6.92 Å². The molecule has 0 aliphatic carbocycles. The zero-order valence-electron chi connectivity index (χ0n) is 10.5. The summed E-state index contributed by atoms with van der Waals surface area (Å²) in [5, 5.41) is 5.95. The van der Waals surface area contributed by atoms with Crippen molar-refractivity contribution in [3.8, 4) is 0 Å². The summed E-state index contributed by atoms with van der Waals surface area (Å²) in [6.07, 6.45) is 0. The second kappa shape index (κ2) is 5.82. The van der Waals surface area contributed by atoms with Crippen LogP contribution in [0.15, 0.2) is 0 Å². The summed E-state index contributed by atoms with van der Waals surface area (Å²) < 4.78 is 0. The van der Waals surface area contributed by atoms with Crippen molar-refractivity contribution in [1.82, 2.24) is 15.3 Å². The molecule has 0 radical (unpaired) electrons. The fraction of sp³-hybridized carbons (Fsp3) is 0.545. The Morgan fingerprint density at radius 3 is 2.53 bits per heavy atom. The number of rotatable bonds is 4. The summed E-state index contributed by atoms with van der Waals surface area (Å²) in [5.41, 5.74) is 1.58. The third kappa shape index (κ3) is 3.56. The third-order valence-electron chi connectivity index (χ3n) is 2.36. The number of hydrogen-bond acceptors (Lipinski definition) is 4. The number of likely N-dealkylation sites (N-methyl/N-ethyl adjacent to an activating group) is 1. The molecule has 0 saturated carbocycles. The number of aromatic nitrogens is 2. The van der Waals surface area contributed by atoms with Crippen LogP contribution in [-0.4, -0.2) is 28.5 Å². The highest BCUT2D eigenvalue weighted by molar-refractivity contribution is 6.31. The van der Waals surface area contributed by atoms with Crippen molar-refractivity contribution in [2.75, 3.05) is 11.9 Å². The monoisotopic (exact) mass is 256 g/mol. The maximum atomic E-state index is 11.5. The van der Waals surface area contributed by atoms with Crippen LogP contribution in [0, 0.1) is 13.8 Å². The number of nitrogens with zero attached hydrogens (tertiary/aromatic N) is 2. The van der Waals surface area contributed by atoms with E-state index in [0.29, 0.717) is 12.4 Å². The van der Waals surface area contributed by atoms with Gasteiger partial charge in [0.1, 0.15) is 6.04 Å². The lowest BCUT2D eigenvalue weighted by Crippen LogP contribution is -2.37. The molecule has 0 aromatic carbocycles. The Morgan fingerprint density at radius 2 is 1.94 bits per heavy atom. The van der Waals surface area contributed by atoms with Gasteiger partial charge in [0.15, 0.2) is 11.0 Å². The van der Waals surface area contributed by atoms with Crippen molar-refractivity contribution in [2.45, 2.75) is 33.7 Å². The lowest BCUT2D eigenvalue weighted by Gasteiger charge is -2.15. The summed E-state index contributed by atoms with van der Waals surface area (Å²) >= 11 is 5.96. The number of carbonyl (C=O) groups is 1. The van der Waals surface area contributed by atoms with E-state index >= 15 is 0 Å². The summed E-state index contributed by atoms with van der Waals surface area (Å²) in [6, 6.07) is -0.399. The van der Waals surface area contributed by atoms with Crippen LogP contribution in [-0.2, 0) is 4.79 Å². The molecule has 1 rings (SSSR count). The summed E-state index contributed by atoms with van der Waals surface area (Å²) in [7, 11) is 0. The maximum Gasteiger partial charge on any atom is 0.242 e. The normalized spacial score (nSPS) is 12.1. The minimum atomic E-state index is -0.399. The first-order chi connectivity index (χ1) is 7.95. The molecule has 0 fully saturated rings. The number of aryl methyl sites for hydroxylation is 2. The van der Waals surface area contributed by atoms with E-state index in [1.165, 1.54) is 0 Å². The Bertz CT molecular complexity index is 422. The Balaban J connectivity index is 2.81. The topological polar surface area (TPSA) is 66.9 Å². The number of carbonyl (C=O) groups excluding carboxylic acids is 1. The molecular weight excluding hydrogens is 240 g/mol. The van der Waals surface area contributed by atoms with Gasteiger partial charge >= 0.3 is 0 Å². The van der Waals surface area contributed by atoms with Crippen molar-refractivity contribution in [2.24, 2.45) is 0 Å². The van der Waals surface area contributed by atoms with Gasteiger partial charge in [-0.05, 0) is 27.7 Å². The average molecular weight is 257 g/mol. The van der Waals surface area contributed by atoms with Gasteiger partial charge in [0.25, 0.3) is 0 Å². The molecule has 0 bridgehead atoms. The standard InChI is InChI=1S/C11H17ClN4O/c1-5-13-11(17)8(4)16-10-9(12)14-6(2)7(3)15-10/h8H,5H2,1-4H3,(H,13,17)(H,15,16). The van der Waals surface area contributed by atoms with Crippen LogP contribution in [0.3, 0.4) is 0 Å². The molecule has 1 atom stereocenters. The fourth-order valence-electron chi connectivity index (χ4n) is 1.27. The lowest BCUT2D eigenvalue weighted by atomic mass is 10.3. The van der Waals surface area contributed by atoms with E-state index in [1.807, 2.05) is 20.8 Å². The van der Waals surface area contributed by atoms with Crippen LogP contribution >= 0.6 is 11.6 Å². The molecule has 2 N–H and O–H groups in total. The first-order valence-electron chi connectivity index (χ1n) is 5.50. The van der Waals surface area contributed by atoms with Gasteiger partial charge in [0.2, 0.25) is 5.91 Å². The molecular formula is C11H17ClN4O. The first kappa shape index (κ1) is 13.7. The molecule has 1 aromatic heterocycles. The van der Waals surface area contributed by atoms with E-state index in [4.69, 9.17) is 11.6 Å². The molecule has 0 aliphatic rings. The SMILES string of the molecule is CCNC(=O)C(C)Nc1nc(C)c(C)nc1Cl. The molecule has 1 unspecified atom stereocenters. The fourth-order valence-corrected chi connectivity index (χ4v) is 1.49. The summed E-state index contributed by atoms with van der Waals surface area (Å²) in [4.78, 5) is 20.0. The highest BCUT2D eigenvalue weighted by atomic mass is 35.5. The second-order valence-corrected chi connectivity index (χ2v) is 4.15. The van der Waals surface area contributed by atoms with E-state index in [9.17, 15) is 4.79 Å². The number of halogens is 1. The van der Waals surface area contributed by atoms with Crippen LogP contribution in [0.1, 0.15) is 25.2 Å². The van der Waals surface area contributed by atoms with Gasteiger partial charge in [0, 0.05) is 6.54 Å².